The van der Waals surface area contributed by atoms with Crippen molar-refractivity contribution in [3.63, 3.8) is 0 Å². The van der Waals surface area contributed by atoms with Gasteiger partial charge in [0.2, 0.25) is 0 Å². The summed E-state index contributed by atoms with van der Waals surface area (Å²) in [6.07, 6.45) is 0. The number of amides is 2. The first-order chi connectivity index (χ1) is 10.6. The summed E-state index contributed by atoms with van der Waals surface area (Å²) in [4.78, 5) is 12.2. The molecule has 2 amide bonds. The van der Waals surface area contributed by atoms with Gasteiger partial charge in [0.15, 0.2) is 0 Å². The Morgan fingerprint density at radius 2 is 2.09 bits per heavy atom. The fraction of sp³-hybridized carbons (Fsp3) is 0.188. The van der Waals surface area contributed by atoms with E-state index in [-0.39, 0.29) is 6.03 Å². The predicted octanol–water partition coefficient (Wildman–Crippen LogP) is 5.33. The highest BCUT2D eigenvalue weighted by Crippen LogP contribution is 2.28. The van der Waals surface area contributed by atoms with Crippen molar-refractivity contribution in [2.24, 2.45) is 0 Å². The van der Waals surface area contributed by atoms with E-state index in [0.717, 1.165) is 28.1 Å². The summed E-state index contributed by atoms with van der Waals surface area (Å²) < 4.78 is 3.23. The number of carbonyl (C=O) groups excluding carboxylic acids is 1. The number of carbonyl (C=O) groups is 1. The van der Waals surface area contributed by atoms with Crippen LogP contribution in [0.4, 0.5) is 16.3 Å². The number of benzene rings is 1. The Kier molecular flexibility index (Phi) is 4.09. The van der Waals surface area contributed by atoms with Crippen LogP contribution in [0.5, 0.6) is 0 Å². The maximum Gasteiger partial charge on any atom is 0.324 e. The smallest absolute Gasteiger partial charge is 0.324 e. The number of aryl methyl sites for hydroxylation is 2. The van der Waals surface area contributed by atoms with E-state index in [9.17, 15) is 4.79 Å². The van der Waals surface area contributed by atoms with Crippen molar-refractivity contribution in [1.29, 1.82) is 0 Å². The molecule has 0 bridgehead atoms. The number of anilines is 2. The summed E-state index contributed by atoms with van der Waals surface area (Å²) >= 11 is 7.80. The fourth-order valence-electron chi connectivity index (χ4n) is 2.41. The molecule has 0 fully saturated rings. The number of halogens is 1. The molecule has 0 radical (unpaired) electrons. The first-order valence-corrected chi connectivity index (χ1v) is 8.25. The third-order valence-electron chi connectivity index (χ3n) is 3.45. The maximum absolute atomic E-state index is 12.2. The second kappa shape index (κ2) is 6.02. The van der Waals surface area contributed by atoms with Crippen molar-refractivity contribution in [3.05, 3.63) is 46.3 Å². The van der Waals surface area contributed by atoms with Crippen LogP contribution in [0.1, 0.15) is 12.5 Å². The van der Waals surface area contributed by atoms with Crippen molar-refractivity contribution in [2.75, 3.05) is 10.6 Å². The molecule has 22 heavy (non-hydrogen) atoms. The molecule has 0 aliphatic heterocycles. The zero-order valence-corrected chi connectivity index (χ0v) is 13.9. The molecule has 114 valence electrons. The third-order valence-corrected chi connectivity index (χ3v) is 4.62. The number of hydrogen-bond acceptors (Lipinski definition) is 2. The molecule has 0 saturated carbocycles. The number of fused-ring (bicyclic) bond motifs is 1. The molecule has 1 aromatic carbocycles. The molecule has 0 aliphatic rings. The van der Waals surface area contributed by atoms with E-state index in [4.69, 9.17) is 11.6 Å². The number of rotatable bonds is 3. The molecule has 2 aromatic heterocycles. The van der Waals surface area contributed by atoms with Gasteiger partial charge >= 0.3 is 6.03 Å². The van der Waals surface area contributed by atoms with Crippen LogP contribution >= 0.6 is 22.9 Å². The number of hydrogen-bond donors (Lipinski definition) is 2. The number of aromatic nitrogens is 1. The van der Waals surface area contributed by atoms with Gasteiger partial charge in [-0.2, -0.15) is 0 Å². The van der Waals surface area contributed by atoms with Crippen molar-refractivity contribution in [2.45, 2.75) is 20.4 Å². The van der Waals surface area contributed by atoms with Crippen LogP contribution in [0, 0.1) is 6.92 Å². The Balaban J connectivity index is 1.79. The molecule has 0 spiro atoms. The molecule has 0 atom stereocenters. The molecule has 6 heteroatoms. The van der Waals surface area contributed by atoms with E-state index in [1.54, 1.807) is 17.4 Å². The molecule has 0 aliphatic carbocycles. The standard InChI is InChI=1S/C16H16ClN3OS/c1-3-20-13-6-7-22-14(13)9-15(20)19-16(21)18-12-5-4-10(2)8-11(12)17/h4-9H,3H2,1-2H3,(H2,18,19,21). The van der Waals surface area contributed by atoms with Crippen molar-refractivity contribution >= 4 is 50.7 Å². The van der Waals surface area contributed by atoms with Gasteiger partial charge in [0.05, 0.1) is 20.9 Å². The summed E-state index contributed by atoms with van der Waals surface area (Å²) in [7, 11) is 0. The molecule has 0 unspecified atom stereocenters. The van der Waals surface area contributed by atoms with E-state index in [2.05, 4.69) is 28.2 Å². The molecule has 0 saturated heterocycles. The Bertz CT molecular complexity index is 837. The molecule has 4 nitrogen and oxygen atoms in total. The van der Waals surface area contributed by atoms with Gasteiger partial charge in [0.1, 0.15) is 5.82 Å². The Morgan fingerprint density at radius 1 is 1.27 bits per heavy atom. The van der Waals surface area contributed by atoms with Crippen molar-refractivity contribution in [3.8, 4) is 0 Å². The summed E-state index contributed by atoms with van der Waals surface area (Å²) in [5.74, 6) is 0.782. The van der Waals surface area contributed by atoms with Gasteiger partial charge in [-0.15, -0.1) is 11.3 Å². The largest absolute Gasteiger partial charge is 0.327 e. The molecule has 2 heterocycles. The van der Waals surface area contributed by atoms with E-state index >= 15 is 0 Å². The highest BCUT2D eigenvalue weighted by atomic mass is 35.5. The van der Waals surface area contributed by atoms with E-state index < -0.39 is 0 Å². The number of nitrogens with one attached hydrogen (secondary N) is 2. The minimum atomic E-state index is -0.300. The number of urea groups is 1. The van der Waals surface area contributed by atoms with Gasteiger partial charge in [-0.3, -0.25) is 5.32 Å². The lowest BCUT2D eigenvalue weighted by molar-refractivity contribution is 0.262. The topological polar surface area (TPSA) is 46.1 Å². The van der Waals surface area contributed by atoms with Crippen LogP contribution in [0.15, 0.2) is 35.7 Å². The summed E-state index contributed by atoms with van der Waals surface area (Å²) in [6.45, 7) is 4.80. The van der Waals surface area contributed by atoms with E-state index in [1.165, 1.54) is 0 Å². The highest BCUT2D eigenvalue weighted by molar-refractivity contribution is 7.17. The monoisotopic (exact) mass is 333 g/mol. The minimum absolute atomic E-state index is 0.300. The van der Waals surface area contributed by atoms with Crippen LogP contribution in [-0.4, -0.2) is 10.6 Å². The third kappa shape index (κ3) is 2.82. The molecule has 2 N–H and O–H groups in total. The van der Waals surface area contributed by atoms with Gasteiger partial charge < -0.3 is 9.88 Å². The van der Waals surface area contributed by atoms with Crippen LogP contribution < -0.4 is 10.6 Å². The average Bonchev–Trinajstić information content (AvgIpc) is 3.02. The van der Waals surface area contributed by atoms with Crippen molar-refractivity contribution < 1.29 is 4.79 Å². The van der Waals surface area contributed by atoms with E-state index in [0.29, 0.717) is 10.7 Å². The van der Waals surface area contributed by atoms with Gasteiger partial charge in [-0.25, -0.2) is 4.79 Å². The van der Waals surface area contributed by atoms with Crippen LogP contribution in [-0.2, 0) is 6.54 Å². The van der Waals surface area contributed by atoms with E-state index in [1.807, 2.05) is 30.5 Å². The van der Waals surface area contributed by atoms with Gasteiger partial charge in [-0.05, 0) is 49.1 Å². The minimum Gasteiger partial charge on any atom is -0.327 e. The van der Waals surface area contributed by atoms with Crippen LogP contribution in [0.2, 0.25) is 5.02 Å². The first kappa shape index (κ1) is 14.9. The Labute approximate surface area is 137 Å². The predicted molar refractivity (Wildman–Crippen MR) is 94.3 cm³/mol. The quantitative estimate of drug-likeness (QED) is 0.668. The Hall–Kier alpha value is -1.98. The van der Waals surface area contributed by atoms with Gasteiger partial charge in [0.25, 0.3) is 0 Å². The maximum atomic E-state index is 12.2. The molecule has 3 rings (SSSR count). The lowest BCUT2D eigenvalue weighted by atomic mass is 10.2. The average molecular weight is 334 g/mol. The second-order valence-electron chi connectivity index (χ2n) is 5.01. The highest BCUT2D eigenvalue weighted by Gasteiger charge is 2.12. The lowest BCUT2D eigenvalue weighted by Crippen LogP contribution is -2.21. The molecular formula is C16H16ClN3OS. The fourth-order valence-corrected chi connectivity index (χ4v) is 3.52. The summed E-state index contributed by atoms with van der Waals surface area (Å²) in [5, 5.41) is 8.25. The molecule has 3 aromatic rings. The lowest BCUT2D eigenvalue weighted by Gasteiger charge is -2.11. The normalized spacial score (nSPS) is 10.9. The summed E-state index contributed by atoms with van der Waals surface area (Å²) in [5.41, 5.74) is 2.79. The second-order valence-corrected chi connectivity index (χ2v) is 6.36. The Morgan fingerprint density at radius 3 is 2.82 bits per heavy atom. The zero-order chi connectivity index (χ0) is 15.7. The SMILES string of the molecule is CCn1c(NC(=O)Nc2ccc(C)cc2Cl)cc2sccc21. The van der Waals surface area contributed by atoms with Gasteiger partial charge in [-0.1, -0.05) is 17.7 Å². The number of nitrogens with zero attached hydrogens (tertiary/aromatic N) is 1. The summed E-state index contributed by atoms with van der Waals surface area (Å²) in [6, 6.07) is 9.28. The van der Waals surface area contributed by atoms with Gasteiger partial charge in [0, 0.05) is 6.54 Å². The zero-order valence-electron chi connectivity index (χ0n) is 12.3. The van der Waals surface area contributed by atoms with Crippen LogP contribution in [0.3, 0.4) is 0 Å². The van der Waals surface area contributed by atoms with Crippen molar-refractivity contribution in [1.82, 2.24) is 4.57 Å². The first-order valence-electron chi connectivity index (χ1n) is 6.99. The molecular weight excluding hydrogens is 318 g/mol. The van der Waals surface area contributed by atoms with Crippen LogP contribution in [0.25, 0.3) is 10.2 Å². The number of thiophene rings is 1.